The van der Waals surface area contributed by atoms with Gasteiger partial charge >= 0.3 is 441 Å². The molecule has 0 aliphatic rings. The summed E-state index contributed by atoms with van der Waals surface area (Å²) in [5.41, 5.74) is 10.8. The van der Waals surface area contributed by atoms with Crippen molar-refractivity contribution in [3.63, 3.8) is 0 Å². The molecule has 4 heteroatoms. The van der Waals surface area contributed by atoms with Gasteiger partial charge in [0.1, 0.15) is 0 Å². The van der Waals surface area contributed by atoms with E-state index in [1.165, 1.54) is 207 Å². The molecule has 6 aromatic rings. The normalized spacial score (nSPS) is 11.9. The maximum atomic E-state index is 19.0. The van der Waals surface area contributed by atoms with Crippen molar-refractivity contribution in [3.8, 4) is 5.75 Å². The summed E-state index contributed by atoms with van der Waals surface area (Å²) >= 11 is -6.65. The molecule has 0 atom stereocenters. The average molecular weight is 1150 g/mol. The maximum absolute atomic E-state index is 19.0. The van der Waals surface area contributed by atoms with E-state index in [9.17, 15) is 0 Å². The van der Waals surface area contributed by atoms with Crippen LogP contribution in [0, 0.1) is 0 Å². The molecule has 0 radical (unpaired) electrons. The van der Waals surface area contributed by atoms with Crippen molar-refractivity contribution in [2.24, 2.45) is 0 Å². The van der Waals surface area contributed by atoms with Gasteiger partial charge in [0.25, 0.3) is 0 Å². The Morgan fingerprint density at radius 1 is 0.317 bits per heavy atom. The van der Waals surface area contributed by atoms with Crippen molar-refractivity contribution in [1.82, 2.24) is 0 Å². The van der Waals surface area contributed by atoms with E-state index >= 15 is 3.32 Å². The Labute approximate surface area is 503 Å². The van der Waals surface area contributed by atoms with Crippen molar-refractivity contribution < 1.29 is 26.0 Å². The molecule has 0 saturated carbocycles. The summed E-state index contributed by atoms with van der Waals surface area (Å²) in [7, 11) is 0. The van der Waals surface area contributed by atoms with Gasteiger partial charge in [-0.1, -0.05) is 65.7 Å². The molecule has 6 aromatic carbocycles. The van der Waals surface area contributed by atoms with Gasteiger partial charge in [-0.2, -0.15) is 0 Å². The molecular formula is C78H112O3Ti. The SMILES string of the molecule is CCCCCCCCCCCCc1cccc([O][Ti](=[O])([O]C(C)C)([c]2cccc(CCCCCCCCCCCC)c2Cc2ccccc2)[c]2cccc(CCCCCCCCCCCC)c2Cc2ccccc2)c1Cc1ccccc1. The molecule has 0 aromatic heterocycles. The second-order valence-corrected chi connectivity index (χ2v) is 30.3. The van der Waals surface area contributed by atoms with Gasteiger partial charge in [0, 0.05) is 0 Å². The van der Waals surface area contributed by atoms with Gasteiger partial charge < -0.3 is 0 Å². The van der Waals surface area contributed by atoms with Crippen LogP contribution in [0.1, 0.15) is 277 Å². The predicted molar refractivity (Wildman–Crippen MR) is 351 cm³/mol. The molecule has 82 heavy (non-hydrogen) atoms. The predicted octanol–water partition coefficient (Wildman–Crippen LogP) is 22.2. The molecule has 0 saturated heterocycles. The van der Waals surface area contributed by atoms with E-state index in [-0.39, 0.29) is 0 Å². The molecule has 0 aliphatic heterocycles. The van der Waals surface area contributed by atoms with Crippen molar-refractivity contribution in [3.05, 3.63) is 196 Å². The van der Waals surface area contributed by atoms with Crippen LogP contribution >= 0.6 is 0 Å². The number of hydrogen-bond donors (Lipinski definition) is 0. The van der Waals surface area contributed by atoms with E-state index in [0.717, 1.165) is 63.0 Å². The van der Waals surface area contributed by atoms with E-state index in [4.69, 9.17) is 6.64 Å². The monoisotopic (exact) mass is 1140 g/mol. The minimum absolute atomic E-state index is 0.410. The first kappa shape index (κ1) is 66.7. The molecule has 0 unspecified atom stereocenters. The summed E-state index contributed by atoms with van der Waals surface area (Å²) in [6, 6.07) is 52.6. The van der Waals surface area contributed by atoms with Crippen LogP contribution in [-0.4, -0.2) is 6.10 Å². The topological polar surface area (TPSA) is 35.5 Å². The van der Waals surface area contributed by atoms with Crippen LogP contribution in [0.5, 0.6) is 5.75 Å². The standard InChI is InChI=1S/C25H36O.2C25H35.C3H7O.O.Ti/c1-2-3-4-5-6-7-8-9-10-14-18-23-19-15-20-25(26)24(23)21-22-16-12-11-13-17-22;2*1-2-3-4-5-6-7-8-9-10-14-19-24-20-15-16-21-25(24)22-23-17-12-11-13-18-23;1-3(2)4;;/h11-13,15-17,19-20,26H,2-10,14,18,21H2,1H3;2*11-13,15-18,20H,2-10,14,19,22H2,1H3;3H,1-2H3;;/q;;;-1;;+2/p-1. The van der Waals surface area contributed by atoms with Crippen LogP contribution in [0.15, 0.2) is 146 Å². The molecule has 6 rings (SSSR count). The Bertz CT molecular complexity index is 2570. The summed E-state index contributed by atoms with van der Waals surface area (Å²) in [6.45, 7) is 11.0. The zero-order chi connectivity index (χ0) is 57.8. The van der Waals surface area contributed by atoms with Crippen LogP contribution in [0.3, 0.4) is 0 Å². The van der Waals surface area contributed by atoms with E-state index in [1.54, 1.807) is 0 Å². The van der Waals surface area contributed by atoms with Gasteiger partial charge in [-0.3, -0.25) is 0 Å². The fraction of sp³-hybridized carbons (Fsp3) is 0.538. The molecule has 3 nitrogen and oxygen atoms in total. The summed E-state index contributed by atoms with van der Waals surface area (Å²) in [5, 5.41) is 0. The first-order valence-electron chi connectivity index (χ1n) is 34.0. The second kappa shape index (κ2) is 38.5. The van der Waals surface area contributed by atoms with Crippen LogP contribution in [0.25, 0.3) is 0 Å². The first-order valence-corrected chi connectivity index (χ1v) is 37.4. The van der Waals surface area contributed by atoms with Crippen LogP contribution in [-0.2, 0) is 61.2 Å². The zero-order valence-corrected chi connectivity index (χ0v) is 54.2. The molecular weight excluding hydrogens is 1030 g/mol. The van der Waals surface area contributed by atoms with E-state index in [0.29, 0.717) is 25.0 Å². The third kappa shape index (κ3) is 22.2. The van der Waals surface area contributed by atoms with Crippen molar-refractivity contribution in [2.45, 2.75) is 272 Å². The van der Waals surface area contributed by atoms with Gasteiger partial charge in [0.2, 0.25) is 0 Å². The second-order valence-electron chi connectivity index (χ2n) is 24.8. The minimum atomic E-state index is -6.65. The Kier molecular flexibility index (Phi) is 31.3. The van der Waals surface area contributed by atoms with Gasteiger partial charge in [0.05, 0.1) is 0 Å². The Balaban J connectivity index is 1.50. The fourth-order valence-corrected chi connectivity index (χ4v) is 20.1. The van der Waals surface area contributed by atoms with E-state index in [1.807, 2.05) is 0 Å². The Morgan fingerprint density at radius 3 is 0.915 bits per heavy atom. The third-order valence-corrected chi connectivity index (χ3v) is 24.2. The fourth-order valence-electron chi connectivity index (χ4n) is 12.9. The van der Waals surface area contributed by atoms with E-state index < -0.39 is 22.2 Å². The van der Waals surface area contributed by atoms with Gasteiger partial charge in [-0.05, 0) is 0 Å². The molecule has 446 valence electrons. The summed E-state index contributed by atoms with van der Waals surface area (Å²) < 4.78 is 36.3. The summed E-state index contributed by atoms with van der Waals surface area (Å²) in [4.78, 5) is 0. The van der Waals surface area contributed by atoms with Crippen molar-refractivity contribution in [1.29, 1.82) is 0 Å². The average Bonchev–Trinajstić information content (AvgIpc) is 2.14. The van der Waals surface area contributed by atoms with Gasteiger partial charge in [-0.15, -0.1) is 0 Å². The third-order valence-electron chi connectivity index (χ3n) is 17.5. The molecule has 0 amide bonds. The summed E-state index contributed by atoms with van der Waals surface area (Å²) in [6.07, 6.45) is 43.0. The van der Waals surface area contributed by atoms with Crippen molar-refractivity contribution >= 4 is 7.74 Å². The molecule has 0 N–H and O–H groups in total. The van der Waals surface area contributed by atoms with Crippen molar-refractivity contribution in [2.75, 3.05) is 0 Å². The summed E-state index contributed by atoms with van der Waals surface area (Å²) in [5.74, 6) is 0.692. The van der Waals surface area contributed by atoms with Gasteiger partial charge in [-0.25, -0.2) is 0 Å². The number of rotatable bonds is 45. The number of unbranched alkanes of at least 4 members (excludes halogenated alkanes) is 27. The number of benzene rings is 6. The van der Waals surface area contributed by atoms with Gasteiger partial charge in [0.15, 0.2) is 0 Å². The number of aryl methyl sites for hydroxylation is 3. The Morgan fingerprint density at radius 2 is 0.598 bits per heavy atom. The zero-order valence-electron chi connectivity index (χ0n) is 52.6. The first-order chi connectivity index (χ1) is 40.3. The van der Waals surface area contributed by atoms with Crippen LogP contribution in [0.4, 0.5) is 0 Å². The van der Waals surface area contributed by atoms with Crippen LogP contribution in [0.2, 0.25) is 0 Å². The van der Waals surface area contributed by atoms with E-state index in [2.05, 4.69) is 180 Å². The van der Waals surface area contributed by atoms with Crippen LogP contribution < -0.4 is 11.1 Å². The molecule has 0 aliphatic carbocycles. The molecule has 0 spiro atoms. The molecule has 0 fully saturated rings. The molecule has 0 bridgehead atoms. The molecule has 0 heterocycles. The number of hydrogen-bond acceptors (Lipinski definition) is 3. The Hall–Kier alpha value is -4.41. The quantitative estimate of drug-likeness (QED) is 0.0282.